The lowest BCUT2D eigenvalue weighted by Crippen LogP contribution is -2.26. The minimum atomic E-state index is 0.00894. The molecule has 0 bridgehead atoms. The third-order valence-electron chi connectivity index (χ3n) is 6.68. The van der Waals surface area contributed by atoms with Crippen molar-refractivity contribution in [2.24, 2.45) is 0 Å². The number of methoxy groups -OCH3 is 2. The Labute approximate surface area is 216 Å². The zero-order chi connectivity index (χ0) is 25.6. The second-order valence-electron chi connectivity index (χ2n) is 9.46. The summed E-state index contributed by atoms with van der Waals surface area (Å²) in [4.78, 5) is 17.4. The van der Waals surface area contributed by atoms with Gasteiger partial charge in [0, 0.05) is 19.5 Å². The molecule has 0 atom stereocenters. The van der Waals surface area contributed by atoms with Crippen molar-refractivity contribution < 1.29 is 14.3 Å². The van der Waals surface area contributed by atoms with E-state index in [1.54, 1.807) is 14.2 Å². The molecule has 196 valence electrons. The Kier molecular flexibility index (Phi) is 11.6. The standard InChI is InChI=1S/C30H43N3O3/c1-4-5-6-7-8-9-10-13-21-33-26-16-12-11-15-25(26)32-29(33)17-14-20-31-30(34)23-24-18-19-27(35-2)28(22-24)36-3/h11-12,15-16,18-19,22H,4-10,13-14,17,20-21,23H2,1-3H3,(H,31,34). The van der Waals surface area contributed by atoms with Crippen LogP contribution in [0.4, 0.5) is 0 Å². The number of aryl methyl sites for hydroxylation is 2. The third-order valence-corrected chi connectivity index (χ3v) is 6.68. The zero-order valence-electron chi connectivity index (χ0n) is 22.4. The lowest BCUT2D eigenvalue weighted by Gasteiger charge is -2.11. The Balaban J connectivity index is 1.46. The maximum absolute atomic E-state index is 12.5. The number of nitrogens with zero attached hydrogens (tertiary/aromatic N) is 2. The SMILES string of the molecule is CCCCCCCCCCn1c(CCCNC(=O)Cc2ccc(OC)c(OC)c2)nc2ccccc21. The van der Waals surface area contributed by atoms with E-state index in [0.29, 0.717) is 24.5 Å². The van der Waals surface area contributed by atoms with Crippen molar-refractivity contribution in [1.82, 2.24) is 14.9 Å². The molecule has 1 aromatic heterocycles. The van der Waals surface area contributed by atoms with Crippen molar-refractivity contribution in [3.8, 4) is 11.5 Å². The molecule has 0 saturated heterocycles. The average molecular weight is 494 g/mol. The summed E-state index contributed by atoms with van der Waals surface area (Å²) in [5, 5.41) is 3.05. The predicted octanol–water partition coefficient (Wildman–Crippen LogP) is 6.49. The van der Waals surface area contributed by atoms with E-state index in [1.165, 1.54) is 56.9 Å². The van der Waals surface area contributed by atoms with Crippen LogP contribution in [0.3, 0.4) is 0 Å². The molecule has 0 saturated carbocycles. The highest BCUT2D eigenvalue weighted by Crippen LogP contribution is 2.27. The Morgan fingerprint density at radius 1 is 0.889 bits per heavy atom. The van der Waals surface area contributed by atoms with Gasteiger partial charge in [-0.15, -0.1) is 0 Å². The highest BCUT2D eigenvalue weighted by Gasteiger charge is 2.11. The number of unbranched alkanes of at least 4 members (excludes halogenated alkanes) is 7. The van der Waals surface area contributed by atoms with Crippen molar-refractivity contribution >= 4 is 16.9 Å². The number of imidazole rings is 1. The van der Waals surface area contributed by atoms with Gasteiger partial charge in [-0.2, -0.15) is 0 Å². The second-order valence-corrected chi connectivity index (χ2v) is 9.46. The van der Waals surface area contributed by atoms with Gasteiger partial charge in [-0.25, -0.2) is 4.98 Å². The first-order chi connectivity index (χ1) is 17.7. The van der Waals surface area contributed by atoms with E-state index >= 15 is 0 Å². The monoisotopic (exact) mass is 493 g/mol. The number of para-hydroxylation sites is 2. The molecule has 1 N–H and O–H groups in total. The van der Waals surface area contributed by atoms with Crippen molar-refractivity contribution in [1.29, 1.82) is 0 Å². The van der Waals surface area contributed by atoms with Crippen molar-refractivity contribution in [3.63, 3.8) is 0 Å². The molecule has 0 aliphatic carbocycles. The number of carbonyl (C=O) groups is 1. The van der Waals surface area contributed by atoms with Crippen LogP contribution in [0.15, 0.2) is 42.5 Å². The molecule has 0 aliphatic heterocycles. The summed E-state index contributed by atoms with van der Waals surface area (Å²) in [6.07, 6.45) is 12.5. The first-order valence-corrected chi connectivity index (χ1v) is 13.6. The maximum Gasteiger partial charge on any atom is 0.224 e. The molecule has 1 amide bonds. The number of carbonyl (C=O) groups excluding carboxylic acids is 1. The highest BCUT2D eigenvalue weighted by molar-refractivity contribution is 5.78. The lowest BCUT2D eigenvalue weighted by molar-refractivity contribution is -0.120. The number of hydrogen-bond donors (Lipinski definition) is 1. The molecule has 2 aromatic carbocycles. The van der Waals surface area contributed by atoms with Gasteiger partial charge in [0.05, 0.1) is 31.7 Å². The highest BCUT2D eigenvalue weighted by atomic mass is 16.5. The number of amides is 1. The van der Waals surface area contributed by atoms with E-state index in [0.717, 1.165) is 36.3 Å². The van der Waals surface area contributed by atoms with Crippen LogP contribution in [-0.4, -0.2) is 36.2 Å². The van der Waals surface area contributed by atoms with E-state index in [9.17, 15) is 4.79 Å². The van der Waals surface area contributed by atoms with Crippen LogP contribution in [0.1, 0.15) is 76.1 Å². The summed E-state index contributed by atoms with van der Waals surface area (Å²) < 4.78 is 13.0. The summed E-state index contributed by atoms with van der Waals surface area (Å²) in [6, 6.07) is 14.0. The molecule has 0 radical (unpaired) electrons. The fourth-order valence-electron chi connectivity index (χ4n) is 4.68. The second kappa shape index (κ2) is 15.2. The summed E-state index contributed by atoms with van der Waals surface area (Å²) in [5.41, 5.74) is 3.18. The minimum Gasteiger partial charge on any atom is -0.493 e. The first kappa shape index (κ1) is 27.6. The quantitative estimate of drug-likeness (QED) is 0.218. The molecule has 36 heavy (non-hydrogen) atoms. The third kappa shape index (κ3) is 8.28. The van der Waals surface area contributed by atoms with Crippen LogP contribution >= 0.6 is 0 Å². The van der Waals surface area contributed by atoms with Gasteiger partial charge in [0.15, 0.2) is 11.5 Å². The van der Waals surface area contributed by atoms with Gasteiger partial charge in [-0.3, -0.25) is 4.79 Å². The molecule has 0 aliphatic rings. The smallest absolute Gasteiger partial charge is 0.224 e. The Morgan fingerprint density at radius 2 is 1.61 bits per heavy atom. The van der Waals surface area contributed by atoms with E-state index in [4.69, 9.17) is 14.5 Å². The largest absolute Gasteiger partial charge is 0.493 e. The zero-order valence-corrected chi connectivity index (χ0v) is 22.4. The van der Waals surface area contributed by atoms with Gasteiger partial charge in [0.2, 0.25) is 5.91 Å². The summed E-state index contributed by atoms with van der Waals surface area (Å²) >= 11 is 0. The molecule has 0 unspecified atom stereocenters. The van der Waals surface area contributed by atoms with Gasteiger partial charge < -0.3 is 19.4 Å². The van der Waals surface area contributed by atoms with Gasteiger partial charge in [0.1, 0.15) is 5.82 Å². The van der Waals surface area contributed by atoms with Crippen LogP contribution in [0, 0.1) is 0 Å². The number of aromatic nitrogens is 2. The van der Waals surface area contributed by atoms with Crippen molar-refractivity contribution in [2.75, 3.05) is 20.8 Å². The number of benzene rings is 2. The topological polar surface area (TPSA) is 65.4 Å². The van der Waals surface area contributed by atoms with Gasteiger partial charge >= 0.3 is 0 Å². The normalized spacial score (nSPS) is 11.1. The summed E-state index contributed by atoms with van der Waals surface area (Å²) in [7, 11) is 3.21. The maximum atomic E-state index is 12.5. The number of fused-ring (bicyclic) bond motifs is 1. The fourth-order valence-corrected chi connectivity index (χ4v) is 4.68. The Bertz CT molecular complexity index is 1080. The number of ether oxygens (including phenoxy) is 2. The van der Waals surface area contributed by atoms with Crippen LogP contribution in [0.25, 0.3) is 11.0 Å². The molecule has 0 fully saturated rings. The fraction of sp³-hybridized carbons (Fsp3) is 0.533. The van der Waals surface area contributed by atoms with Gasteiger partial charge in [0.25, 0.3) is 0 Å². The molecule has 0 spiro atoms. The average Bonchev–Trinajstić information content (AvgIpc) is 3.25. The van der Waals surface area contributed by atoms with E-state index in [2.05, 4.69) is 35.0 Å². The minimum absolute atomic E-state index is 0.00894. The van der Waals surface area contributed by atoms with Crippen LogP contribution in [0.2, 0.25) is 0 Å². The number of nitrogens with one attached hydrogen (secondary N) is 1. The van der Waals surface area contributed by atoms with E-state index in [-0.39, 0.29) is 5.91 Å². The summed E-state index contributed by atoms with van der Waals surface area (Å²) in [6.45, 7) is 3.91. The molecule has 3 rings (SSSR count). The van der Waals surface area contributed by atoms with Crippen LogP contribution in [-0.2, 0) is 24.2 Å². The summed E-state index contributed by atoms with van der Waals surface area (Å²) in [5.74, 6) is 2.43. The van der Waals surface area contributed by atoms with Crippen molar-refractivity contribution in [3.05, 3.63) is 53.9 Å². The van der Waals surface area contributed by atoms with Crippen molar-refractivity contribution in [2.45, 2.75) is 84.1 Å². The van der Waals surface area contributed by atoms with Gasteiger partial charge in [-0.05, 0) is 42.7 Å². The molecule has 3 aromatic rings. The van der Waals surface area contributed by atoms with Crippen LogP contribution in [0.5, 0.6) is 11.5 Å². The number of hydrogen-bond acceptors (Lipinski definition) is 4. The van der Waals surface area contributed by atoms with E-state index < -0.39 is 0 Å². The Hall–Kier alpha value is -3.02. The Morgan fingerprint density at radius 3 is 2.36 bits per heavy atom. The van der Waals surface area contributed by atoms with Gasteiger partial charge in [-0.1, -0.05) is 70.1 Å². The van der Waals surface area contributed by atoms with E-state index in [1.807, 2.05) is 24.3 Å². The molecule has 1 heterocycles. The predicted molar refractivity (Wildman–Crippen MR) is 147 cm³/mol. The molecular weight excluding hydrogens is 450 g/mol. The first-order valence-electron chi connectivity index (χ1n) is 13.6. The molecule has 6 nitrogen and oxygen atoms in total. The molecule has 6 heteroatoms. The number of rotatable bonds is 17. The lowest BCUT2D eigenvalue weighted by atomic mass is 10.1. The molecular formula is C30H43N3O3. The van der Waals surface area contributed by atoms with Crippen LogP contribution < -0.4 is 14.8 Å².